The SMILES string of the molecule is CCCCC[C@@H](O)/C=C/C=O. The minimum absolute atomic E-state index is 0.438. The number of carbonyl (C=O) groups excluding carboxylic acids is 1. The molecule has 11 heavy (non-hydrogen) atoms. The van der Waals surface area contributed by atoms with Crippen molar-refractivity contribution in [3.8, 4) is 0 Å². The number of allylic oxidation sites excluding steroid dienone is 1. The fourth-order valence-electron chi connectivity index (χ4n) is 0.873. The van der Waals surface area contributed by atoms with Crippen LogP contribution in [0.3, 0.4) is 0 Å². The summed E-state index contributed by atoms with van der Waals surface area (Å²) in [5.74, 6) is 0. The first-order valence-electron chi connectivity index (χ1n) is 4.11. The Kier molecular flexibility index (Phi) is 7.05. The zero-order valence-electron chi connectivity index (χ0n) is 6.99. The molecule has 0 heterocycles. The van der Waals surface area contributed by atoms with Crippen molar-refractivity contribution >= 4 is 6.29 Å². The average molecular weight is 156 g/mol. The number of aliphatic hydroxyl groups excluding tert-OH is 1. The van der Waals surface area contributed by atoms with Gasteiger partial charge in [-0.3, -0.25) is 4.79 Å². The van der Waals surface area contributed by atoms with Gasteiger partial charge in [0.25, 0.3) is 0 Å². The third-order valence-corrected chi connectivity index (χ3v) is 1.52. The van der Waals surface area contributed by atoms with E-state index in [0.717, 1.165) is 25.7 Å². The van der Waals surface area contributed by atoms with E-state index in [0.29, 0.717) is 6.29 Å². The largest absolute Gasteiger partial charge is 0.389 e. The molecule has 64 valence electrons. The van der Waals surface area contributed by atoms with Crippen LogP contribution >= 0.6 is 0 Å². The van der Waals surface area contributed by atoms with Gasteiger partial charge >= 0.3 is 0 Å². The van der Waals surface area contributed by atoms with Crippen LogP contribution in [0.15, 0.2) is 12.2 Å². The molecule has 0 aromatic carbocycles. The zero-order chi connectivity index (χ0) is 8.53. The molecule has 0 aromatic rings. The molecule has 0 spiro atoms. The van der Waals surface area contributed by atoms with E-state index in [-0.39, 0.29) is 0 Å². The number of rotatable bonds is 6. The zero-order valence-corrected chi connectivity index (χ0v) is 6.99. The smallest absolute Gasteiger partial charge is 0.142 e. The highest BCUT2D eigenvalue weighted by atomic mass is 16.3. The van der Waals surface area contributed by atoms with Gasteiger partial charge in [-0.1, -0.05) is 32.3 Å². The minimum Gasteiger partial charge on any atom is -0.389 e. The normalized spacial score (nSPS) is 13.6. The summed E-state index contributed by atoms with van der Waals surface area (Å²) in [6, 6.07) is 0. The average Bonchev–Trinajstić information content (AvgIpc) is 2.01. The Hall–Kier alpha value is -0.630. The first kappa shape index (κ1) is 10.4. The van der Waals surface area contributed by atoms with E-state index < -0.39 is 6.10 Å². The Balaban J connectivity index is 3.28. The van der Waals surface area contributed by atoms with Gasteiger partial charge in [-0.25, -0.2) is 0 Å². The van der Waals surface area contributed by atoms with Gasteiger partial charge in [-0.15, -0.1) is 0 Å². The Morgan fingerprint density at radius 1 is 1.45 bits per heavy atom. The maximum absolute atomic E-state index is 9.84. The van der Waals surface area contributed by atoms with Gasteiger partial charge in [0.05, 0.1) is 6.10 Å². The number of carbonyl (C=O) groups is 1. The molecule has 0 saturated carbocycles. The number of hydrogen-bond acceptors (Lipinski definition) is 2. The van der Waals surface area contributed by atoms with E-state index in [4.69, 9.17) is 5.11 Å². The van der Waals surface area contributed by atoms with Crippen molar-refractivity contribution in [2.45, 2.75) is 38.7 Å². The molecule has 0 saturated heterocycles. The molecule has 1 atom stereocenters. The molecule has 0 fully saturated rings. The predicted octanol–water partition coefficient (Wildman–Crippen LogP) is 1.68. The van der Waals surface area contributed by atoms with Crippen LogP contribution in [0.25, 0.3) is 0 Å². The molecule has 0 unspecified atom stereocenters. The van der Waals surface area contributed by atoms with Crippen molar-refractivity contribution in [2.24, 2.45) is 0 Å². The summed E-state index contributed by atoms with van der Waals surface area (Å²) < 4.78 is 0. The van der Waals surface area contributed by atoms with Gasteiger partial charge in [0.2, 0.25) is 0 Å². The lowest BCUT2D eigenvalue weighted by molar-refractivity contribution is -0.104. The highest BCUT2D eigenvalue weighted by Gasteiger charge is 1.96. The van der Waals surface area contributed by atoms with Gasteiger partial charge in [0.15, 0.2) is 0 Å². The first-order chi connectivity index (χ1) is 5.31. The second-order valence-electron chi connectivity index (χ2n) is 2.58. The maximum atomic E-state index is 9.84. The van der Waals surface area contributed by atoms with E-state index in [9.17, 15) is 4.79 Å². The second kappa shape index (κ2) is 7.48. The lowest BCUT2D eigenvalue weighted by Crippen LogP contribution is -2.01. The number of aliphatic hydroxyl groups is 1. The summed E-state index contributed by atoms with van der Waals surface area (Å²) in [4.78, 5) is 9.84. The number of unbranched alkanes of at least 4 members (excludes halogenated alkanes) is 2. The molecule has 2 heteroatoms. The van der Waals surface area contributed by atoms with Crippen LogP contribution in [0, 0.1) is 0 Å². The standard InChI is InChI=1S/C9H16O2/c1-2-3-4-6-9(11)7-5-8-10/h5,7-9,11H,2-4,6H2,1H3/b7-5+/t9-/m1/s1. The molecular formula is C9H16O2. The Morgan fingerprint density at radius 3 is 2.73 bits per heavy atom. The highest BCUT2D eigenvalue weighted by molar-refractivity contribution is 5.64. The Morgan fingerprint density at radius 2 is 2.18 bits per heavy atom. The van der Waals surface area contributed by atoms with Crippen molar-refractivity contribution in [2.75, 3.05) is 0 Å². The Bertz CT molecular complexity index is 119. The number of hydrogen-bond donors (Lipinski definition) is 1. The summed E-state index contributed by atoms with van der Waals surface area (Å²) in [6.45, 7) is 2.12. The van der Waals surface area contributed by atoms with Crippen LogP contribution in [0.1, 0.15) is 32.6 Å². The lowest BCUT2D eigenvalue weighted by atomic mass is 10.1. The van der Waals surface area contributed by atoms with Gasteiger partial charge < -0.3 is 5.11 Å². The quantitative estimate of drug-likeness (QED) is 0.361. The molecule has 0 aromatic heterocycles. The highest BCUT2D eigenvalue weighted by Crippen LogP contribution is 2.03. The monoisotopic (exact) mass is 156 g/mol. The topological polar surface area (TPSA) is 37.3 Å². The molecule has 0 bridgehead atoms. The summed E-state index contributed by atoms with van der Waals surface area (Å²) in [7, 11) is 0. The van der Waals surface area contributed by atoms with Gasteiger partial charge in [0.1, 0.15) is 6.29 Å². The molecule has 1 N–H and O–H groups in total. The third kappa shape index (κ3) is 7.26. The molecule has 0 aliphatic heterocycles. The van der Waals surface area contributed by atoms with E-state index in [1.807, 2.05) is 0 Å². The predicted molar refractivity (Wildman–Crippen MR) is 45.4 cm³/mol. The van der Waals surface area contributed by atoms with E-state index in [2.05, 4.69) is 6.92 Å². The van der Waals surface area contributed by atoms with Gasteiger partial charge in [-0.05, 0) is 12.5 Å². The molecular weight excluding hydrogens is 140 g/mol. The fraction of sp³-hybridized carbons (Fsp3) is 0.667. The minimum atomic E-state index is -0.438. The van der Waals surface area contributed by atoms with E-state index in [1.165, 1.54) is 12.2 Å². The van der Waals surface area contributed by atoms with Crippen molar-refractivity contribution in [3.63, 3.8) is 0 Å². The van der Waals surface area contributed by atoms with Crippen molar-refractivity contribution in [1.29, 1.82) is 0 Å². The molecule has 0 radical (unpaired) electrons. The summed E-state index contributed by atoms with van der Waals surface area (Å²) >= 11 is 0. The maximum Gasteiger partial charge on any atom is 0.142 e. The number of aldehydes is 1. The van der Waals surface area contributed by atoms with Crippen LogP contribution in [0.2, 0.25) is 0 Å². The van der Waals surface area contributed by atoms with E-state index in [1.54, 1.807) is 0 Å². The molecule has 0 rings (SSSR count). The Labute approximate surface area is 67.9 Å². The molecule has 2 nitrogen and oxygen atoms in total. The van der Waals surface area contributed by atoms with Gasteiger partial charge in [-0.2, -0.15) is 0 Å². The van der Waals surface area contributed by atoms with Crippen LogP contribution < -0.4 is 0 Å². The third-order valence-electron chi connectivity index (χ3n) is 1.52. The molecule has 0 aliphatic rings. The second-order valence-corrected chi connectivity index (χ2v) is 2.58. The summed E-state index contributed by atoms with van der Waals surface area (Å²) in [5, 5.41) is 9.16. The first-order valence-corrected chi connectivity index (χ1v) is 4.11. The molecule has 0 aliphatic carbocycles. The summed E-state index contributed by atoms with van der Waals surface area (Å²) in [6.07, 6.45) is 7.21. The molecule has 0 amide bonds. The lowest BCUT2D eigenvalue weighted by Gasteiger charge is -2.02. The summed E-state index contributed by atoms with van der Waals surface area (Å²) in [5.41, 5.74) is 0. The van der Waals surface area contributed by atoms with Crippen LogP contribution in [-0.4, -0.2) is 17.5 Å². The van der Waals surface area contributed by atoms with Crippen LogP contribution in [0.5, 0.6) is 0 Å². The van der Waals surface area contributed by atoms with Crippen molar-refractivity contribution < 1.29 is 9.90 Å². The van der Waals surface area contributed by atoms with Gasteiger partial charge in [0, 0.05) is 0 Å². The van der Waals surface area contributed by atoms with Crippen molar-refractivity contribution in [1.82, 2.24) is 0 Å². The van der Waals surface area contributed by atoms with Crippen LogP contribution in [-0.2, 0) is 4.79 Å². The van der Waals surface area contributed by atoms with E-state index >= 15 is 0 Å². The van der Waals surface area contributed by atoms with Crippen molar-refractivity contribution in [3.05, 3.63) is 12.2 Å². The fourth-order valence-corrected chi connectivity index (χ4v) is 0.873. The van der Waals surface area contributed by atoms with Crippen LogP contribution in [0.4, 0.5) is 0 Å².